The van der Waals surface area contributed by atoms with E-state index in [0.717, 1.165) is 24.3 Å². The van der Waals surface area contributed by atoms with Crippen LogP contribution in [0.2, 0.25) is 0 Å². The summed E-state index contributed by atoms with van der Waals surface area (Å²) in [6.07, 6.45) is -4.85. The van der Waals surface area contributed by atoms with E-state index in [2.05, 4.69) is 14.8 Å². The highest BCUT2D eigenvalue weighted by Crippen LogP contribution is 2.23. The molecular formula is C17H17F3N2O4S. The molecule has 0 aromatic heterocycles. The predicted molar refractivity (Wildman–Crippen MR) is 91.6 cm³/mol. The standard InChI is InChI=1S/C17H17F3N2O4S/c1-2-21-16(23)13-5-3-12(4-6-13)11-22-27(24,25)15-9-7-14(8-10-15)26-17(18,19)20/h3-10,22H,2,11H2,1H3,(H,21,23). The quantitative estimate of drug-likeness (QED) is 0.746. The molecule has 0 fully saturated rings. The van der Waals surface area contributed by atoms with E-state index in [0.29, 0.717) is 17.7 Å². The number of amides is 1. The molecule has 2 N–H and O–H groups in total. The van der Waals surface area contributed by atoms with Crippen LogP contribution in [-0.2, 0) is 16.6 Å². The average Bonchev–Trinajstić information content (AvgIpc) is 2.60. The van der Waals surface area contributed by atoms with Crippen LogP contribution in [0.4, 0.5) is 13.2 Å². The van der Waals surface area contributed by atoms with Crippen LogP contribution in [-0.4, -0.2) is 27.2 Å². The first kappa shape index (κ1) is 20.7. The molecule has 0 aliphatic rings. The minimum atomic E-state index is -4.85. The minimum Gasteiger partial charge on any atom is -0.406 e. The van der Waals surface area contributed by atoms with Gasteiger partial charge in [0.05, 0.1) is 4.90 Å². The van der Waals surface area contributed by atoms with Gasteiger partial charge in [-0.05, 0) is 48.9 Å². The van der Waals surface area contributed by atoms with Crippen molar-refractivity contribution in [1.82, 2.24) is 10.0 Å². The van der Waals surface area contributed by atoms with Crippen LogP contribution in [0.1, 0.15) is 22.8 Å². The molecule has 2 aromatic carbocycles. The molecule has 6 nitrogen and oxygen atoms in total. The monoisotopic (exact) mass is 402 g/mol. The highest BCUT2D eigenvalue weighted by molar-refractivity contribution is 7.89. The van der Waals surface area contributed by atoms with Crippen molar-refractivity contribution in [3.8, 4) is 5.75 Å². The van der Waals surface area contributed by atoms with Gasteiger partial charge in [-0.2, -0.15) is 0 Å². The Hall–Kier alpha value is -2.59. The lowest BCUT2D eigenvalue weighted by atomic mass is 10.1. The second-order valence-electron chi connectivity index (χ2n) is 5.40. The maximum Gasteiger partial charge on any atom is 0.573 e. The van der Waals surface area contributed by atoms with Gasteiger partial charge in [0.25, 0.3) is 5.91 Å². The topological polar surface area (TPSA) is 84.5 Å². The third-order valence-electron chi connectivity index (χ3n) is 3.39. The summed E-state index contributed by atoms with van der Waals surface area (Å²) in [6, 6.07) is 10.2. The molecule has 2 rings (SSSR count). The van der Waals surface area contributed by atoms with Crippen LogP contribution in [0.5, 0.6) is 5.75 Å². The van der Waals surface area contributed by atoms with E-state index in [1.165, 1.54) is 0 Å². The number of hydrogen-bond donors (Lipinski definition) is 2. The number of hydrogen-bond acceptors (Lipinski definition) is 4. The first-order valence-electron chi connectivity index (χ1n) is 7.83. The maximum absolute atomic E-state index is 12.2. The summed E-state index contributed by atoms with van der Waals surface area (Å²) in [5.41, 5.74) is 1.06. The first-order valence-corrected chi connectivity index (χ1v) is 9.31. The summed E-state index contributed by atoms with van der Waals surface area (Å²) in [5.74, 6) is -0.742. The van der Waals surface area contributed by atoms with Gasteiger partial charge in [-0.3, -0.25) is 4.79 Å². The molecule has 0 heterocycles. The Morgan fingerprint density at radius 3 is 2.15 bits per heavy atom. The van der Waals surface area contributed by atoms with Crippen LogP contribution in [0.3, 0.4) is 0 Å². The van der Waals surface area contributed by atoms with Crippen molar-refractivity contribution in [1.29, 1.82) is 0 Å². The summed E-state index contributed by atoms with van der Waals surface area (Å²) in [4.78, 5) is 11.5. The van der Waals surface area contributed by atoms with E-state index in [1.54, 1.807) is 31.2 Å². The lowest BCUT2D eigenvalue weighted by Gasteiger charge is -2.10. The van der Waals surface area contributed by atoms with E-state index < -0.39 is 22.1 Å². The summed E-state index contributed by atoms with van der Waals surface area (Å²) < 4.78 is 66.9. The van der Waals surface area contributed by atoms with Crippen molar-refractivity contribution in [3.63, 3.8) is 0 Å². The SMILES string of the molecule is CCNC(=O)c1ccc(CNS(=O)(=O)c2ccc(OC(F)(F)F)cc2)cc1. The van der Waals surface area contributed by atoms with Crippen LogP contribution < -0.4 is 14.8 Å². The normalized spacial score (nSPS) is 11.9. The van der Waals surface area contributed by atoms with E-state index >= 15 is 0 Å². The van der Waals surface area contributed by atoms with Crippen molar-refractivity contribution in [2.45, 2.75) is 24.7 Å². The van der Waals surface area contributed by atoms with Crippen molar-refractivity contribution < 1.29 is 31.1 Å². The summed E-state index contributed by atoms with van der Waals surface area (Å²) in [5, 5.41) is 2.65. The molecule has 0 bridgehead atoms. The van der Waals surface area contributed by atoms with Crippen molar-refractivity contribution >= 4 is 15.9 Å². The van der Waals surface area contributed by atoms with Gasteiger partial charge in [0.2, 0.25) is 10.0 Å². The van der Waals surface area contributed by atoms with Gasteiger partial charge in [0, 0.05) is 18.7 Å². The average molecular weight is 402 g/mol. The molecule has 0 saturated carbocycles. The number of sulfonamides is 1. The van der Waals surface area contributed by atoms with Gasteiger partial charge < -0.3 is 10.1 Å². The summed E-state index contributed by atoms with van der Waals surface area (Å²) in [7, 11) is -3.92. The largest absolute Gasteiger partial charge is 0.573 e. The molecule has 0 aliphatic heterocycles. The smallest absolute Gasteiger partial charge is 0.406 e. The molecule has 27 heavy (non-hydrogen) atoms. The van der Waals surface area contributed by atoms with E-state index in [1.807, 2.05) is 0 Å². The van der Waals surface area contributed by atoms with Crippen molar-refractivity contribution in [2.24, 2.45) is 0 Å². The number of ether oxygens (including phenoxy) is 1. The van der Waals surface area contributed by atoms with Crippen LogP contribution in [0.25, 0.3) is 0 Å². The summed E-state index contributed by atoms with van der Waals surface area (Å²) >= 11 is 0. The Labute approximate surface area is 154 Å². The Morgan fingerprint density at radius 2 is 1.63 bits per heavy atom. The molecule has 146 valence electrons. The van der Waals surface area contributed by atoms with Gasteiger partial charge >= 0.3 is 6.36 Å². The highest BCUT2D eigenvalue weighted by Gasteiger charge is 2.31. The third-order valence-corrected chi connectivity index (χ3v) is 4.80. The number of alkyl halides is 3. The third kappa shape index (κ3) is 6.26. The van der Waals surface area contributed by atoms with Crippen molar-refractivity contribution in [2.75, 3.05) is 6.54 Å². The van der Waals surface area contributed by atoms with Crippen molar-refractivity contribution in [3.05, 3.63) is 59.7 Å². The molecule has 0 radical (unpaired) electrons. The molecule has 0 atom stereocenters. The molecule has 10 heteroatoms. The van der Waals surface area contributed by atoms with Gasteiger partial charge in [0.15, 0.2) is 0 Å². The molecule has 2 aromatic rings. The summed E-state index contributed by atoms with van der Waals surface area (Å²) in [6.45, 7) is 2.24. The fourth-order valence-corrected chi connectivity index (χ4v) is 3.14. The van der Waals surface area contributed by atoms with Gasteiger partial charge in [-0.15, -0.1) is 13.2 Å². The number of benzene rings is 2. The Kier molecular flexibility index (Phi) is 6.45. The van der Waals surface area contributed by atoms with E-state index in [4.69, 9.17) is 0 Å². The van der Waals surface area contributed by atoms with Crippen LogP contribution in [0, 0.1) is 0 Å². The number of nitrogens with one attached hydrogen (secondary N) is 2. The zero-order valence-electron chi connectivity index (χ0n) is 14.2. The first-order chi connectivity index (χ1) is 12.6. The molecule has 0 saturated heterocycles. The molecule has 0 unspecified atom stereocenters. The Balaban J connectivity index is 2.01. The highest BCUT2D eigenvalue weighted by atomic mass is 32.2. The van der Waals surface area contributed by atoms with Crippen LogP contribution in [0.15, 0.2) is 53.4 Å². The molecule has 0 spiro atoms. The fraction of sp³-hybridized carbons (Fsp3) is 0.235. The second kappa shape index (κ2) is 8.40. The zero-order valence-corrected chi connectivity index (χ0v) is 15.0. The molecular weight excluding hydrogens is 385 g/mol. The van der Waals surface area contributed by atoms with E-state index in [-0.39, 0.29) is 17.3 Å². The lowest BCUT2D eigenvalue weighted by molar-refractivity contribution is -0.274. The number of carbonyl (C=O) groups excluding carboxylic acids is 1. The number of rotatable bonds is 7. The molecule has 1 amide bonds. The van der Waals surface area contributed by atoms with Crippen LogP contribution >= 0.6 is 0 Å². The second-order valence-corrected chi connectivity index (χ2v) is 7.17. The number of carbonyl (C=O) groups is 1. The van der Waals surface area contributed by atoms with E-state index in [9.17, 15) is 26.4 Å². The Bertz CT molecular complexity index is 880. The predicted octanol–water partition coefficient (Wildman–Crippen LogP) is 2.81. The number of halogens is 3. The lowest BCUT2D eigenvalue weighted by Crippen LogP contribution is -2.24. The minimum absolute atomic E-state index is 0.0428. The fourth-order valence-electron chi connectivity index (χ4n) is 2.12. The Morgan fingerprint density at radius 1 is 1.04 bits per heavy atom. The van der Waals surface area contributed by atoms with Gasteiger partial charge in [0.1, 0.15) is 5.75 Å². The zero-order chi connectivity index (χ0) is 20.1. The molecule has 0 aliphatic carbocycles. The van der Waals surface area contributed by atoms with Gasteiger partial charge in [-0.25, -0.2) is 13.1 Å². The van der Waals surface area contributed by atoms with Gasteiger partial charge in [-0.1, -0.05) is 12.1 Å². The maximum atomic E-state index is 12.2.